The van der Waals surface area contributed by atoms with Crippen LogP contribution in [0.4, 0.5) is 0 Å². The highest BCUT2D eigenvalue weighted by Crippen LogP contribution is 2.17. The van der Waals surface area contributed by atoms with E-state index in [-0.39, 0.29) is 6.10 Å². The quantitative estimate of drug-likeness (QED) is 0.911. The van der Waals surface area contributed by atoms with Gasteiger partial charge in [0.05, 0.1) is 11.8 Å². The van der Waals surface area contributed by atoms with E-state index in [0.29, 0.717) is 11.4 Å². The fraction of sp³-hybridized carbons (Fsp3) is 0.267. The first-order valence-corrected chi connectivity index (χ1v) is 6.61. The molecule has 0 radical (unpaired) electrons. The smallest absolute Gasteiger partial charge is 0.360 e. The van der Waals surface area contributed by atoms with E-state index < -0.39 is 17.1 Å². The summed E-state index contributed by atoms with van der Waals surface area (Å²) >= 11 is 0. The maximum absolute atomic E-state index is 11.4. The van der Waals surface area contributed by atoms with E-state index in [4.69, 9.17) is 9.84 Å². The summed E-state index contributed by atoms with van der Waals surface area (Å²) in [5.74, 6) is -0.680. The third-order valence-corrected chi connectivity index (χ3v) is 3.01. The van der Waals surface area contributed by atoms with Crippen molar-refractivity contribution >= 4 is 5.97 Å². The Hall–Kier alpha value is -2.63. The van der Waals surface area contributed by atoms with E-state index in [1.165, 1.54) is 16.9 Å². The maximum Gasteiger partial charge on any atom is 0.360 e. The van der Waals surface area contributed by atoms with Crippen molar-refractivity contribution in [3.05, 3.63) is 52.4 Å². The van der Waals surface area contributed by atoms with Crippen LogP contribution in [0.15, 0.2) is 41.3 Å². The predicted molar refractivity (Wildman–Crippen MR) is 77.2 cm³/mol. The lowest BCUT2D eigenvalue weighted by Gasteiger charge is -2.14. The van der Waals surface area contributed by atoms with Crippen LogP contribution < -0.4 is 10.2 Å². The van der Waals surface area contributed by atoms with Gasteiger partial charge in [0.2, 0.25) is 11.1 Å². The van der Waals surface area contributed by atoms with E-state index in [2.05, 4.69) is 5.10 Å². The molecule has 1 aromatic heterocycles. The largest absolute Gasteiger partial charge is 0.491 e. The molecule has 0 saturated carbocycles. The van der Waals surface area contributed by atoms with Crippen LogP contribution in [0.5, 0.6) is 5.75 Å². The van der Waals surface area contributed by atoms with Crippen LogP contribution in [0, 0.1) is 0 Å². The van der Waals surface area contributed by atoms with Crippen LogP contribution in [0.1, 0.15) is 30.8 Å². The van der Waals surface area contributed by atoms with Gasteiger partial charge < -0.3 is 9.84 Å². The van der Waals surface area contributed by atoms with Gasteiger partial charge in [-0.05, 0) is 25.5 Å². The highest BCUT2D eigenvalue weighted by Gasteiger charge is 2.11. The molecule has 0 saturated heterocycles. The summed E-state index contributed by atoms with van der Waals surface area (Å²) in [5, 5.41) is 12.8. The number of carbonyl (C=O) groups is 1. The zero-order chi connectivity index (χ0) is 15.4. The molecular weight excluding hydrogens is 272 g/mol. The van der Waals surface area contributed by atoms with Crippen LogP contribution in [0.25, 0.3) is 5.69 Å². The van der Waals surface area contributed by atoms with Gasteiger partial charge in [-0.1, -0.05) is 13.0 Å². The number of carboxylic acid groups (broad SMARTS) is 1. The fourth-order valence-electron chi connectivity index (χ4n) is 1.71. The zero-order valence-electron chi connectivity index (χ0n) is 11.8. The lowest BCUT2D eigenvalue weighted by Crippen LogP contribution is -2.20. The second kappa shape index (κ2) is 6.21. The Morgan fingerprint density at radius 1 is 1.43 bits per heavy atom. The van der Waals surface area contributed by atoms with E-state index in [9.17, 15) is 9.59 Å². The van der Waals surface area contributed by atoms with Crippen LogP contribution in [-0.2, 0) is 0 Å². The first-order chi connectivity index (χ1) is 10.0. The van der Waals surface area contributed by atoms with Gasteiger partial charge in [-0.15, -0.1) is 0 Å². The summed E-state index contributed by atoms with van der Waals surface area (Å²) in [6.45, 7) is 3.99. The predicted octanol–water partition coefficient (Wildman–Crippen LogP) is 2.11. The summed E-state index contributed by atoms with van der Waals surface area (Å²) < 4.78 is 7.05. The van der Waals surface area contributed by atoms with Gasteiger partial charge in [0.25, 0.3) is 0 Å². The number of aromatic carboxylic acids is 1. The number of benzene rings is 1. The standard InChI is InChI=1S/C15H16N2O4/c1-3-10(2)21-12-6-4-5-11(9-12)17-8-7-13(18)14(16-17)15(19)20/h4-10H,3H2,1-2H3,(H,19,20). The molecular formula is C15H16N2O4. The highest BCUT2D eigenvalue weighted by molar-refractivity contribution is 5.84. The lowest BCUT2D eigenvalue weighted by molar-refractivity contribution is 0.0687. The SMILES string of the molecule is CCC(C)Oc1cccc(-n2ccc(=O)c(C(=O)O)n2)c1. The Bertz CT molecular complexity index is 709. The molecule has 0 aliphatic heterocycles. The molecule has 0 spiro atoms. The normalized spacial score (nSPS) is 11.9. The van der Waals surface area contributed by atoms with Crippen molar-refractivity contribution in [2.24, 2.45) is 0 Å². The van der Waals surface area contributed by atoms with Gasteiger partial charge in [0.15, 0.2) is 0 Å². The van der Waals surface area contributed by atoms with Crippen molar-refractivity contribution in [3.63, 3.8) is 0 Å². The monoisotopic (exact) mass is 288 g/mol. The number of ether oxygens (including phenoxy) is 1. The van der Waals surface area contributed by atoms with Gasteiger partial charge in [-0.25, -0.2) is 9.48 Å². The second-order valence-corrected chi connectivity index (χ2v) is 4.61. The number of hydrogen-bond acceptors (Lipinski definition) is 4. The average molecular weight is 288 g/mol. The molecule has 1 atom stereocenters. The Balaban J connectivity index is 2.38. The molecule has 6 heteroatoms. The maximum atomic E-state index is 11.4. The minimum Gasteiger partial charge on any atom is -0.491 e. The van der Waals surface area contributed by atoms with Gasteiger partial charge in [0, 0.05) is 18.3 Å². The molecule has 0 amide bonds. The Morgan fingerprint density at radius 2 is 2.19 bits per heavy atom. The minimum absolute atomic E-state index is 0.0804. The number of aromatic nitrogens is 2. The van der Waals surface area contributed by atoms with Crippen LogP contribution in [0.3, 0.4) is 0 Å². The Kier molecular flexibility index (Phi) is 4.37. The van der Waals surface area contributed by atoms with Crippen molar-refractivity contribution in [3.8, 4) is 11.4 Å². The first kappa shape index (κ1) is 14.8. The number of rotatable bonds is 5. The van der Waals surface area contributed by atoms with E-state index >= 15 is 0 Å². The van der Waals surface area contributed by atoms with Crippen molar-refractivity contribution in [1.82, 2.24) is 9.78 Å². The van der Waals surface area contributed by atoms with E-state index in [1.807, 2.05) is 19.9 Å². The molecule has 1 aromatic carbocycles. The van der Waals surface area contributed by atoms with Crippen molar-refractivity contribution in [1.29, 1.82) is 0 Å². The Morgan fingerprint density at radius 3 is 2.86 bits per heavy atom. The summed E-state index contributed by atoms with van der Waals surface area (Å²) in [6.07, 6.45) is 2.39. The molecule has 2 aromatic rings. The van der Waals surface area contributed by atoms with Crippen molar-refractivity contribution in [2.75, 3.05) is 0 Å². The summed E-state index contributed by atoms with van der Waals surface area (Å²) in [5.41, 5.74) is -0.505. The fourth-order valence-corrected chi connectivity index (χ4v) is 1.71. The van der Waals surface area contributed by atoms with E-state index in [0.717, 1.165) is 6.42 Å². The summed E-state index contributed by atoms with van der Waals surface area (Å²) in [6, 6.07) is 8.28. The second-order valence-electron chi connectivity index (χ2n) is 4.61. The molecule has 0 aliphatic rings. The number of hydrogen-bond donors (Lipinski definition) is 1. The van der Waals surface area contributed by atoms with Gasteiger partial charge in [-0.3, -0.25) is 4.79 Å². The third-order valence-electron chi connectivity index (χ3n) is 3.01. The summed E-state index contributed by atoms with van der Waals surface area (Å²) in [4.78, 5) is 22.4. The van der Waals surface area contributed by atoms with Crippen LogP contribution >= 0.6 is 0 Å². The molecule has 2 rings (SSSR count). The zero-order valence-corrected chi connectivity index (χ0v) is 11.8. The third kappa shape index (κ3) is 3.47. The molecule has 110 valence electrons. The van der Waals surface area contributed by atoms with E-state index in [1.54, 1.807) is 18.2 Å². The molecule has 0 fully saturated rings. The molecule has 6 nitrogen and oxygen atoms in total. The molecule has 21 heavy (non-hydrogen) atoms. The molecule has 0 aliphatic carbocycles. The summed E-state index contributed by atoms with van der Waals surface area (Å²) in [7, 11) is 0. The Labute approximate surface area is 121 Å². The molecule has 1 N–H and O–H groups in total. The van der Waals surface area contributed by atoms with Gasteiger partial charge in [-0.2, -0.15) is 5.10 Å². The lowest BCUT2D eigenvalue weighted by atomic mass is 10.2. The number of nitrogens with zero attached hydrogens (tertiary/aromatic N) is 2. The average Bonchev–Trinajstić information content (AvgIpc) is 2.47. The van der Waals surface area contributed by atoms with Gasteiger partial charge in [0.1, 0.15) is 5.75 Å². The van der Waals surface area contributed by atoms with Crippen molar-refractivity contribution in [2.45, 2.75) is 26.4 Å². The topological polar surface area (TPSA) is 81.4 Å². The van der Waals surface area contributed by atoms with Crippen LogP contribution in [-0.4, -0.2) is 27.0 Å². The van der Waals surface area contributed by atoms with Crippen LogP contribution in [0.2, 0.25) is 0 Å². The minimum atomic E-state index is -1.35. The first-order valence-electron chi connectivity index (χ1n) is 6.61. The van der Waals surface area contributed by atoms with Crippen molar-refractivity contribution < 1.29 is 14.6 Å². The molecule has 0 bridgehead atoms. The highest BCUT2D eigenvalue weighted by atomic mass is 16.5. The van der Waals surface area contributed by atoms with Gasteiger partial charge >= 0.3 is 5.97 Å². The molecule has 1 unspecified atom stereocenters. The molecule has 1 heterocycles. The number of carboxylic acids is 1.